The van der Waals surface area contributed by atoms with Gasteiger partial charge in [0.15, 0.2) is 0 Å². The lowest BCUT2D eigenvalue weighted by Gasteiger charge is -2.09. The van der Waals surface area contributed by atoms with Crippen LogP contribution in [0.1, 0.15) is 22.8 Å². The fourth-order valence-electron chi connectivity index (χ4n) is 2.10. The molecule has 0 atom stereocenters. The summed E-state index contributed by atoms with van der Waals surface area (Å²) in [5.41, 5.74) is 1.11. The summed E-state index contributed by atoms with van der Waals surface area (Å²) in [6.45, 7) is 3.96. The number of rotatable bonds is 5. The first kappa shape index (κ1) is 15.5. The van der Waals surface area contributed by atoms with Crippen molar-refractivity contribution < 1.29 is 14.5 Å². The molecule has 0 heterocycles. The fraction of sp³-hybridized carbons (Fsp3) is 0.188. The molecule has 2 aromatic carbocycles. The van der Waals surface area contributed by atoms with E-state index in [0.717, 1.165) is 0 Å². The van der Waals surface area contributed by atoms with E-state index in [0.29, 0.717) is 23.6 Å². The van der Waals surface area contributed by atoms with Crippen LogP contribution in [0.4, 0.5) is 11.4 Å². The quantitative estimate of drug-likeness (QED) is 0.676. The van der Waals surface area contributed by atoms with Gasteiger partial charge in [0, 0.05) is 28.9 Å². The molecule has 0 spiro atoms. The Labute approximate surface area is 127 Å². The van der Waals surface area contributed by atoms with Crippen molar-refractivity contribution in [1.82, 2.24) is 0 Å². The van der Waals surface area contributed by atoms with Gasteiger partial charge in [-0.3, -0.25) is 14.9 Å². The van der Waals surface area contributed by atoms with E-state index in [-0.39, 0.29) is 11.3 Å². The Morgan fingerprint density at radius 1 is 1.27 bits per heavy atom. The Morgan fingerprint density at radius 3 is 2.68 bits per heavy atom. The average molecular weight is 300 g/mol. The maximum atomic E-state index is 12.3. The average Bonchev–Trinajstić information content (AvgIpc) is 2.47. The second-order valence-corrected chi connectivity index (χ2v) is 4.62. The highest BCUT2D eigenvalue weighted by Gasteiger charge is 2.18. The van der Waals surface area contributed by atoms with Crippen molar-refractivity contribution in [3.63, 3.8) is 0 Å². The number of nitro benzene ring substituents is 1. The molecule has 114 valence electrons. The first-order valence-corrected chi connectivity index (χ1v) is 6.81. The highest BCUT2D eigenvalue weighted by atomic mass is 16.6. The monoisotopic (exact) mass is 300 g/mol. The molecular weight excluding hydrogens is 284 g/mol. The van der Waals surface area contributed by atoms with E-state index in [1.807, 2.05) is 6.92 Å². The third kappa shape index (κ3) is 3.41. The van der Waals surface area contributed by atoms with Gasteiger partial charge in [0.25, 0.3) is 11.6 Å². The number of nitrogens with one attached hydrogen (secondary N) is 1. The zero-order valence-electron chi connectivity index (χ0n) is 12.3. The first-order valence-electron chi connectivity index (χ1n) is 6.81. The molecule has 0 bridgehead atoms. The second-order valence-electron chi connectivity index (χ2n) is 4.62. The molecule has 2 rings (SSSR count). The number of nitro groups is 1. The smallest absolute Gasteiger partial charge is 0.273 e. The number of hydrogen-bond donors (Lipinski definition) is 1. The summed E-state index contributed by atoms with van der Waals surface area (Å²) in [4.78, 5) is 22.7. The third-order valence-electron chi connectivity index (χ3n) is 3.15. The minimum absolute atomic E-state index is 0.0734. The molecule has 0 unspecified atom stereocenters. The topological polar surface area (TPSA) is 81.5 Å². The fourth-order valence-corrected chi connectivity index (χ4v) is 2.10. The number of nitrogens with zero attached hydrogens (tertiary/aromatic N) is 1. The van der Waals surface area contributed by atoms with Gasteiger partial charge < -0.3 is 10.1 Å². The van der Waals surface area contributed by atoms with Crippen LogP contribution in [0.25, 0.3) is 0 Å². The Hall–Kier alpha value is -2.89. The van der Waals surface area contributed by atoms with Crippen LogP contribution in [0.5, 0.6) is 5.75 Å². The number of carbonyl (C=O) groups is 1. The van der Waals surface area contributed by atoms with Gasteiger partial charge in [-0.15, -0.1) is 0 Å². The molecule has 0 saturated carbocycles. The minimum Gasteiger partial charge on any atom is -0.494 e. The molecule has 2 aromatic rings. The van der Waals surface area contributed by atoms with E-state index in [1.165, 1.54) is 12.1 Å². The van der Waals surface area contributed by atoms with Crippen LogP contribution in [0.15, 0.2) is 42.5 Å². The predicted molar refractivity (Wildman–Crippen MR) is 83.4 cm³/mol. The summed E-state index contributed by atoms with van der Waals surface area (Å²) in [7, 11) is 0. The second kappa shape index (κ2) is 6.71. The van der Waals surface area contributed by atoms with E-state index in [2.05, 4.69) is 5.32 Å². The standard InChI is InChI=1S/C16H16N2O4/c1-3-22-13-7-4-6-12(10-13)17-16(19)14-8-5-9-15(11(14)2)18(20)21/h4-10H,3H2,1-2H3,(H,17,19). The van der Waals surface area contributed by atoms with Gasteiger partial charge in [0.2, 0.25) is 0 Å². The molecule has 1 amide bonds. The lowest BCUT2D eigenvalue weighted by molar-refractivity contribution is -0.385. The van der Waals surface area contributed by atoms with Gasteiger partial charge in [-0.25, -0.2) is 0 Å². The molecule has 6 nitrogen and oxygen atoms in total. The molecule has 0 aliphatic rings. The van der Waals surface area contributed by atoms with Crippen molar-refractivity contribution >= 4 is 17.3 Å². The summed E-state index contributed by atoms with van der Waals surface area (Å²) < 4.78 is 5.37. The number of amides is 1. The van der Waals surface area contributed by atoms with Crippen LogP contribution in [0.2, 0.25) is 0 Å². The Balaban J connectivity index is 2.24. The van der Waals surface area contributed by atoms with E-state index in [9.17, 15) is 14.9 Å². The zero-order chi connectivity index (χ0) is 16.1. The van der Waals surface area contributed by atoms with Crippen molar-refractivity contribution in [2.24, 2.45) is 0 Å². The van der Waals surface area contributed by atoms with Gasteiger partial charge in [0.1, 0.15) is 5.75 Å². The van der Waals surface area contributed by atoms with Crippen molar-refractivity contribution in [1.29, 1.82) is 0 Å². The summed E-state index contributed by atoms with van der Waals surface area (Å²) >= 11 is 0. The van der Waals surface area contributed by atoms with Crippen LogP contribution in [-0.4, -0.2) is 17.4 Å². The highest BCUT2D eigenvalue weighted by molar-refractivity contribution is 6.05. The van der Waals surface area contributed by atoms with Gasteiger partial charge >= 0.3 is 0 Å². The molecule has 0 aliphatic heterocycles. The van der Waals surface area contributed by atoms with Crippen LogP contribution in [0.3, 0.4) is 0 Å². The van der Waals surface area contributed by atoms with Crippen LogP contribution >= 0.6 is 0 Å². The number of anilines is 1. The molecule has 0 saturated heterocycles. The summed E-state index contributed by atoms with van der Waals surface area (Å²) in [6.07, 6.45) is 0. The molecule has 0 aliphatic carbocycles. The minimum atomic E-state index is -0.498. The molecule has 0 aromatic heterocycles. The van der Waals surface area contributed by atoms with Gasteiger partial charge in [-0.05, 0) is 32.0 Å². The number of ether oxygens (including phenoxy) is 1. The van der Waals surface area contributed by atoms with Crippen molar-refractivity contribution in [2.45, 2.75) is 13.8 Å². The summed E-state index contributed by atoms with van der Waals surface area (Å²) in [5.74, 6) is 0.255. The van der Waals surface area contributed by atoms with Crippen LogP contribution < -0.4 is 10.1 Å². The predicted octanol–water partition coefficient (Wildman–Crippen LogP) is 3.55. The van der Waals surface area contributed by atoms with Crippen LogP contribution in [-0.2, 0) is 0 Å². The third-order valence-corrected chi connectivity index (χ3v) is 3.15. The molecule has 0 radical (unpaired) electrons. The maximum absolute atomic E-state index is 12.3. The molecular formula is C16H16N2O4. The molecule has 22 heavy (non-hydrogen) atoms. The summed E-state index contributed by atoms with van der Waals surface area (Å²) in [6, 6.07) is 11.4. The van der Waals surface area contributed by atoms with Crippen molar-refractivity contribution in [2.75, 3.05) is 11.9 Å². The summed E-state index contributed by atoms with van der Waals surface area (Å²) in [5, 5.41) is 13.7. The van der Waals surface area contributed by atoms with Crippen LogP contribution in [0, 0.1) is 17.0 Å². The van der Waals surface area contributed by atoms with Gasteiger partial charge in [-0.1, -0.05) is 12.1 Å². The van der Waals surface area contributed by atoms with Gasteiger partial charge in [-0.2, -0.15) is 0 Å². The Kier molecular flexibility index (Phi) is 4.73. The lowest BCUT2D eigenvalue weighted by Crippen LogP contribution is -2.14. The van der Waals surface area contributed by atoms with E-state index < -0.39 is 10.8 Å². The number of benzene rings is 2. The van der Waals surface area contributed by atoms with Crippen molar-refractivity contribution in [3.05, 3.63) is 63.7 Å². The Bertz CT molecular complexity index is 713. The van der Waals surface area contributed by atoms with E-state index >= 15 is 0 Å². The number of carbonyl (C=O) groups excluding carboxylic acids is 1. The van der Waals surface area contributed by atoms with E-state index in [1.54, 1.807) is 37.3 Å². The van der Waals surface area contributed by atoms with E-state index in [4.69, 9.17) is 4.74 Å². The maximum Gasteiger partial charge on any atom is 0.273 e. The highest BCUT2D eigenvalue weighted by Crippen LogP contribution is 2.23. The largest absolute Gasteiger partial charge is 0.494 e. The Morgan fingerprint density at radius 2 is 2.00 bits per heavy atom. The molecule has 0 fully saturated rings. The SMILES string of the molecule is CCOc1cccc(NC(=O)c2cccc([N+](=O)[O-])c2C)c1. The molecule has 1 N–H and O–H groups in total. The van der Waals surface area contributed by atoms with Gasteiger partial charge in [0.05, 0.1) is 11.5 Å². The first-order chi connectivity index (χ1) is 10.5. The normalized spacial score (nSPS) is 10.1. The number of hydrogen-bond acceptors (Lipinski definition) is 4. The molecule has 6 heteroatoms. The zero-order valence-corrected chi connectivity index (χ0v) is 12.3. The van der Waals surface area contributed by atoms with Crippen molar-refractivity contribution in [3.8, 4) is 5.75 Å². The lowest BCUT2D eigenvalue weighted by atomic mass is 10.1.